The number of allylic oxidation sites excluding steroid dienone is 3. The predicted octanol–water partition coefficient (Wildman–Crippen LogP) is 1.87. The SMILES string of the molecule is Bc1ccc2[nH]c3c(c2c1)CN(CC1C=CC=CC1)C3. The highest BCUT2D eigenvalue weighted by atomic mass is 15.2. The van der Waals surface area contributed by atoms with Crippen LogP contribution in [0.1, 0.15) is 17.7 Å². The number of rotatable bonds is 2. The van der Waals surface area contributed by atoms with Crippen LogP contribution in [0.15, 0.2) is 42.5 Å². The highest BCUT2D eigenvalue weighted by Crippen LogP contribution is 2.30. The Kier molecular flexibility index (Phi) is 2.81. The Morgan fingerprint density at radius 3 is 3.05 bits per heavy atom. The molecule has 0 radical (unpaired) electrons. The van der Waals surface area contributed by atoms with Crippen molar-refractivity contribution in [2.24, 2.45) is 5.92 Å². The van der Waals surface area contributed by atoms with E-state index in [1.807, 2.05) is 0 Å². The number of benzene rings is 1. The number of hydrogen-bond donors (Lipinski definition) is 1. The fourth-order valence-corrected chi connectivity index (χ4v) is 3.46. The van der Waals surface area contributed by atoms with Gasteiger partial charge in [0.2, 0.25) is 0 Å². The molecule has 1 aromatic heterocycles. The lowest BCUT2D eigenvalue weighted by molar-refractivity contribution is 0.254. The molecule has 1 N–H and O–H groups in total. The van der Waals surface area contributed by atoms with Crippen molar-refractivity contribution in [1.29, 1.82) is 0 Å². The van der Waals surface area contributed by atoms with Gasteiger partial charge in [-0.25, -0.2) is 0 Å². The van der Waals surface area contributed by atoms with Crippen molar-refractivity contribution in [3.63, 3.8) is 0 Å². The summed E-state index contributed by atoms with van der Waals surface area (Å²) in [5.41, 5.74) is 5.57. The molecule has 0 fully saturated rings. The van der Waals surface area contributed by atoms with Crippen LogP contribution in [0.2, 0.25) is 0 Å². The van der Waals surface area contributed by atoms with E-state index in [0.29, 0.717) is 5.92 Å². The van der Waals surface area contributed by atoms with Gasteiger partial charge in [-0.2, -0.15) is 0 Å². The molecule has 3 heteroatoms. The summed E-state index contributed by atoms with van der Waals surface area (Å²) >= 11 is 0. The van der Waals surface area contributed by atoms with Crippen LogP contribution in [-0.4, -0.2) is 24.3 Å². The average Bonchev–Trinajstić information content (AvgIpc) is 2.97. The van der Waals surface area contributed by atoms with Gasteiger partial charge in [-0.3, -0.25) is 4.90 Å². The van der Waals surface area contributed by atoms with Gasteiger partial charge in [0.05, 0.1) is 0 Å². The second-order valence-electron chi connectivity index (χ2n) is 6.11. The molecule has 1 aliphatic heterocycles. The van der Waals surface area contributed by atoms with Crippen molar-refractivity contribution in [1.82, 2.24) is 9.88 Å². The number of H-pyrrole nitrogens is 1. The molecule has 2 heterocycles. The molecule has 2 aromatic rings. The monoisotopic (exact) mass is 262 g/mol. The first kappa shape index (κ1) is 12.0. The van der Waals surface area contributed by atoms with Crippen molar-refractivity contribution < 1.29 is 0 Å². The van der Waals surface area contributed by atoms with Gasteiger partial charge < -0.3 is 4.98 Å². The third-order valence-electron chi connectivity index (χ3n) is 4.48. The van der Waals surface area contributed by atoms with Gasteiger partial charge in [-0.15, -0.1) is 0 Å². The summed E-state index contributed by atoms with van der Waals surface area (Å²) in [4.78, 5) is 6.16. The molecule has 1 aromatic carbocycles. The first-order valence-electron chi connectivity index (χ1n) is 7.45. The summed E-state index contributed by atoms with van der Waals surface area (Å²) in [6, 6.07) is 6.71. The van der Waals surface area contributed by atoms with Crippen molar-refractivity contribution in [3.8, 4) is 0 Å². The molecule has 1 aliphatic carbocycles. The van der Waals surface area contributed by atoms with Crippen LogP contribution in [0.5, 0.6) is 0 Å². The van der Waals surface area contributed by atoms with Crippen LogP contribution < -0.4 is 5.46 Å². The summed E-state index contributed by atoms with van der Waals surface area (Å²) < 4.78 is 0. The van der Waals surface area contributed by atoms with Gasteiger partial charge in [0.15, 0.2) is 0 Å². The maximum Gasteiger partial charge on any atom is 0.139 e. The van der Waals surface area contributed by atoms with Crippen molar-refractivity contribution in [3.05, 3.63) is 53.8 Å². The van der Waals surface area contributed by atoms with Gasteiger partial charge >= 0.3 is 0 Å². The summed E-state index contributed by atoms with van der Waals surface area (Å²) in [7, 11) is 2.17. The van der Waals surface area contributed by atoms with E-state index in [0.717, 1.165) is 19.6 Å². The van der Waals surface area contributed by atoms with E-state index in [1.165, 1.54) is 34.0 Å². The molecule has 0 saturated carbocycles. The number of aromatic amines is 1. The minimum Gasteiger partial charge on any atom is -0.357 e. The fraction of sp³-hybridized carbons (Fsp3) is 0.294. The highest BCUT2D eigenvalue weighted by Gasteiger charge is 2.24. The number of aromatic nitrogens is 1. The van der Waals surface area contributed by atoms with E-state index in [1.54, 1.807) is 0 Å². The number of fused-ring (bicyclic) bond motifs is 3. The van der Waals surface area contributed by atoms with E-state index < -0.39 is 0 Å². The van der Waals surface area contributed by atoms with Crippen LogP contribution in [0.3, 0.4) is 0 Å². The lowest BCUT2D eigenvalue weighted by Crippen LogP contribution is -2.24. The molecule has 0 saturated heterocycles. The normalized spacial score (nSPS) is 21.7. The van der Waals surface area contributed by atoms with E-state index in [4.69, 9.17) is 0 Å². The smallest absolute Gasteiger partial charge is 0.139 e. The zero-order chi connectivity index (χ0) is 13.5. The van der Waals surface area contributed by atoms with Crippen LogP contribution in [0, 0.1) is 5.92 Å². The molecular formula is C17H19BN2. The number of nitrogens with one attached hydrogen (secondary N) is 1. The minimum atomic E-state index is 0.678. The Hall–Kier alpha value is -1.74. The first-order valence-corrected chi connectivity index (χ1v) is 7.45. The molecule has 100 valence electrons. The van der Waals surface area contributed by atoms with Crippen LogP contribution in [-0.2, 0) is 13.1 Å². The maximum atomic E-state index is 3.60. The van der Waals surface area contributed by atoms with Gasteiger partial charge in [0, 0.05) is 36.2 Å². The zero-order valence-corrected chi connectivity index (χ0v) is 11.9. The summed E-state index contributed by atoms with van der Waals surface area (Å²) in [6.07, 6.45) is 10.1. The third-order valence-corrected chi connectivity index (χ3v) is 4.48. The van der Waals surface area contributed by atoms with Gasteiger partial charge in [-0.05, 0) is 24.0 Å². The van der Waals surface area contributed by atoms with E-state index in [9.17, 15) is 0 Å². The Labute approximate surface area is 120 Å². The average molecular weight is 262 g/mol. The molecular weight excluding hydrogens is 243 g/mol. The van der Waals surface area contributed by atoms with Gasteiger partial charge in [0.1, 0.15) is 7.85 Å². The van der Waals surface area contributed by atoms with E-state index in [-0.39, 0.29) is 0 Å². The van der Waals surface area contributed by atoms with Crippen molar-refractivity contribution >= 4 is 24.2 Å². The van der Waals surface area contributed by atoms with Crippen LogP contribution in [0.4, 0.5) is 0 Å². The molecule has 2 nitrogen and oxygen atoms in total. The molecule has 1 unspecified atom stereocenters. The standard InChI is InChI=1S/C17H19BN2/c18-13-6-7-16-14(8-13)15-10-20(11-17(15)19-16)9-12-4-2-1-3-5-12/h1-4,6-8,12,19H,5,9-11,18H2. The van der Waals surface area contributed by atoms with E-state index in [2.05, 4.69) is 60.2 Å². The van der Waals surface area contributed by atoms with Crippen molar-refractivity contribution in [2.45, 2.75) is 19.5 Å². The topological polar surface area (TPSA) is 19.0 Å². The second-order valence-corrected chi connectivity index (χ2v) is 6.11. The second kappa shape index (κ2) is 4.67. The first-order chi connectivity index (χ1) is 9.79. The largest absolute Gasteiger partial charge is 0.357 e. The predicted molar refractivity (Wildman–Crippen MR) is 87.0 cm³/mol. The van der Waals surface area contributed by atoms with Gasteiger partial charge in [0.25, 0.3) is 0 Å². The summed E-state index contributed by atoms with van der Waals surface area (Å²) in [5.74, 6) is 0.678. The Morgan fingerprint density at radius 2 is 2.20 bits per heavy atom. The fourth-order valence-electron chi connectivity index (χ4n) is 3.46. The molecule has 20 heavy (non-hydrogen) atoms. The highest BCUT2D eigenvalue weighted by molar-refractivity contribution is 6.33. The quantitative estimate of drug-likeness (QED) is 0.819. The Morgan fingerprint density at radius 1 is 1.25 bits per heavy atom. The molecule has 2 aliphatic rings. The molecule has 1 atom stereocenters. The van der Waals surface area contributed by atoms with Crippen LogP contribution in [0.25, 0.3) is 10.9 Å². The van der Waals surface area contributed by atoms with Crippen molar-refractivity contribution in [2.75, 3.05) is 6.54 Å². The Bertz CT molecular complexity index is 711. The zero-order valence-electron chi connectivity index (χ0n) is 11.9. The lowest BCUT2D eigenvalue weighted by Gasteiger charge is -2.21. The third kappa shape index (κ3) is 2.02. The number of nitrogens with zero attached hydrogens (tertiary/aromatic N) is 1. The molecule has 4 rings (SSSR count). The summed E-state index contributed by atoms with van der Waals surface area (Å²) in [5, 5.41) is 1.42. The molecule has 0 spiro atoms. The maximum absolute atomic E-state index is 3.60. The van der Waals surface area contributed by atoms with Gasteiger partial charge in [-0.1, -0.05) is 41.9 Å². The Balaban J connectivity index is 1.56. The lowest BCUT2D eigenvalue weighted by atomic mass is 9.94. The summed E-state index contributed by atoms with van der Waals surface area (Å²) in [6.45, 7) is 3.32. The minimum absolute atomic E-state index is 0.678. The van der Waals surface area contributed by atoms with Crippen LogP contribution >= 0.6 is 0 Å². The number of hydrogen-bond acceptors (Lipinski definition) is 1. The van der Waals surface area contributed by atoms with E-state index >= 15 is 0 Å². The molecule has 0 amide bonds. The molecule has 0 bridgehead atoms.